The van der Waals surface area contributed by atoms with E-state index in [1.807, 2.05) is 25.1 Å². The van der Waals surface area contributed by atoms with Crippen LogP contribution in [0, 0.1) is 10.5 Å². The molecule has 0 aliphatic rings. The van der Waals surface area contributed by atoms with Crippen molar-refractivity contribution in [3.05, 3.63) is 38.4 Å². The van der Waals surface area contributed by atoms with E-state index in [2.05, 4.69) is 37.5 Å². The van der Waals surface area contributed by atoms with Crippen molar-refractivity contribution in [2.75, 3.05) is 5.32 Å². The fourth-order valence-electron chi connectivity index (χ4n) is 1.22. The Morgan fingerprint density at radius 3 is 2.94 bits per heavy atom. The Labute approximate surface area is 110 Å². The van der Waals surface area contributed by atoms with E-state index in [9.17, 15) is 4.79 Å². The Hall–Kier alpha value is -1.02. The number of nitrogens with one attached hydrogen (secondary N) is 1. The van der Waals surface area contributed by atoms with Crippen LogP contribution in [0.25, 0.3) is 0 Å². The number of carbonyl (C=O) groups is 1. The van der Waals surface area contributed by atoms with E-state index in [0.717, 1.165) is 26.4 Å². The summed E-state index contributed by atoms with van der Waals surface area (Å²) >= 11 is 3.32. The number of aryl methyl sites for hydroxylation is 1. The fourth-order valence-corrected chi connectivity index (χ4v) is 2.28. The van der Waals surface area contributed by atoms with E-state index in [4.69, 9.17) is 0 Å². The molecule has 0 unspecified atom stereocenters. The van der Waals surface area contributed by atoms with Gasteiger partial charge in [0.15, 0.2) is 0 Å². The maximum atomic E-state index is 11.7. The molecule has 2 rings (SSSR count). The minimum absolute atomic E-state index is 0.167. The summed E-state index contributed by atoms with van der Waals surface area (Å²) in [5, 5.41) is 6.46. The summed E-state index contributed by atoms with van der Waals surface area (Å²) in [6.07, 6.45) is 1.46. The third-order valence-electron chi connectivity index (χ3n) is 2.02. The summed E-state index contributed by atoms with van der Waals surface area (Å²) in [5.41, 5.74) is 1.86. The van der Waals surface area contributed by atoms with Gasteiger partial charge in [-0.05, 0) is 64.8 Å². The van der Waals surface area contributed by atoms with Crippen molar-refractivity contribution in [1.82, 2.24) is 9.59 Å². The second kappa shape index (κ2) is 4.88. The van der Waals surface area contributed by atoms with Crippen molar-refractivity contribution >= 4 is 45.7 Å². The summed E-state index contributed by atoms with van der Waals surface area (Å²) in [4.78, 5) is 12.2. The molecule has 82 valence electrons. The zero-order chi connectivity index (χ0) is 11.5. The second-order valence-electron chi connectivity index (χ2n) is 3.20. The molecule has 0 saturated carbocycles. The van der Waals surface area contributed by atoms with Crippen LogP contribution in [0.15, 0.2) is 24.4 Å². The number of hydrogen-bond donors (Lipinski definition) is 1. The molecule has 6 heteroatoms. The summed E-state index contributed by atoms with van der Waals surface area (Å²) in [6, 6.07) is 5.86. The third-order valence-corrected chi connectivity index (χ3v) is 3.36. The predicted molar refractivity (Wildman–Crippen MR) is 71.8 cm³/mol. The predicted octanol–water partition coefficient (Wildman–Crippen LogP) is 2.70. The summed E-state index contributed by atoms with van der Waals surface area (Å²) in [6.45, 7) is 1.96. The van der Waals surface area contributed by atoms with Crippen LogP contribution in [0.5, 0.6) is 0 Å². The number of carbonyl (C=O) groups excluding carboxylic acids is 1. The number of amides is 1. The molecule has 0 aliphatic heterocycles. The number of nitrogens with zero attached hydrogens (tertiary/aromatic N) is 2. The van der Waals surface area contributed by atoms with Crippen molar-refractivity contribution in [2.24, 2.45) is 0 Å². The van der Waals surface area contributed by atoms with Crippen LogP contribution in [-0.2, 0) is 0 Å². The SMILES string of the molecule is Cc1cc(I)ccc1NC(=O)c1cnns1. The van der Waals surface area contributed by atoms with Gasteiger partial charge in [-0.3, -0.25) is 4.79 Å². The van der Waals surface area contributed by atoms with Crippen molar-refractivity contribution in [1.29, 1.82) is 0 Å². The molecular formula is C10H8IN3OS. The highest BCUT2D eigenvalue weighted by molar-refractivity contribution is 14.1. The molecular weight excluding hydrogens is 337 g/mol. The molecule has 0 atom stereocenters. The lowest BCUT2D eigenvalue weighted by Crippen LogP contribution is -2.11. The van der Waals surface area contributed by atoms with Gasteiger partial charge >= 0.3 is 0 Å². The molecule has 2 aromatic rings. The number of halogens is 1. The van der Waals surface area contributed by atoms with Crippen LogP contribution in [0.3, 0.4) is 0 Å². The lowest BCUT2D eigenvalue weighted by Gasteiger charge is -2.06. The first-order chi connectivity index (χ1) is 7.66. The van der Waals surface area contributed by atoms with Gasteiger partial charge in [0.2, 0.25) is 0 Å². The lowest BCUT2D eigenvalue weighted by molar-refractivity contribution is 0.103. The number of rotatable bonds is 2. The van der Waals surface area contributed by atoms with E-state index < -0.39 is 0 Å². The van der Waals surface area contributed by atoms with E-state index in [1.54, 1.807) is 0 Å². The van der Waals surface area contributed by atoms with Gasteiger partial charge in [-0.1, -0.05) is 4.49 Å². The van der Waals surface area contributed by atoms with Gasteiger partial charge in [0.1, 0.15) is 4.88 Å². The van der Waals surface area contributed by atoms with Crippen molar-refractivity contribution in [3.63, 3.8) is 0 Å². The highest BCUT2D eigenvalue weighted by atomic mass is 127. The molecule has 1 aromatic heterocycles. The summed E-state index contributed by atoms with van der Waals surface area (Å²) in [7, 11) is 0. The highest BCUT2D eigenvalue weighted by Gasteiger charge is 2.09. The molecule has 1 N–H and O–H groups in total. The number of aromatic nitrogens is 2. The zero-order valence-corrected chi connectivity index (χ0v) is 11.4. The van der Waals surface area contributed by atoms with Gasteiger partial charge in [-0.2, -0.15) is 0 Å². The van der Waals surface area contributed by atoms with Gasteiger partial charge in [0, 0.05) is 9.26 Å². The minimum Gasteiger partial charge on any atom is -0.321 e. The molecule has 16 heavy (non-hydrogen) atoms. The van der Waals surface area contributed by atoms with Crippen LogP contribution < -0.4 is 5.32 Å². The minimum atomic E-state index is -0.167. The van der Waals surface area contributed by atoms with Gasteiger partial charge in [0.25, 0.3) is 5.91 Å². The normalized spacial score (nSPS) is 10.1. The molecule has 1 aromatic carbocycles. The van der Waals surface area contributed by atoms with Crippen LogP contribution in [0.2, 0.25) is 0 Å². The molecule has 0 fully saturated rings. The number of anilines is 1. The smallest absolute Gasteiger partial charge is 0.269 e. The van der Waals surface area contributed by atoms with Crippen molar-refractivity contribution in [3.8, 4) is 0 Å². The molecule has 0 radical (unpaired) electrons. The largest absolute Gasteiger partial charge is 0.321 e. The second-order valence-corrected chi connectivity index (χ2v) is 5.23. The first kappa shape index (κ1) is 11.5. The molecule has 4 nitrogen and oxygen atoms in total. The van der Waals surface area contributed by atoms with Crippen LogP contribution in [0.1, 0.15) is 15.2 Å². The topological polar surface area (TPSA) is 54.9 Å². The van der Waals surface area contributed by atoms with Gasteiger partial charge in [-0.15, -0.1) is 5.10 Å². The number of benzene rings is 1. The number of hydrogen-bond acceptors (Lipinski definition) is 4. The summed E-state index contributed by atoms with van der Waals surface area (Å²) < 4.78 is 4.80. The van der Waals surface area contributed by atoms with Gasteiger partial charge < -0.3 is 5.32 Å². The Morgan fingerprint density at radius 2 is 2.31 bits per heavy atom. The molecule has 0 saturated heterocycles. The average molecular weight is 345 g/mol. The Bertz CT molecular complexity index is 513. The lowest BCUT2D eigenvalue weighted by atomic mass is 10.2. The highest BCUT2D eigenvalue weighted by Crippen LogP contribution is 2.18. The Balaban J connectivity index is 2.18. The first-order valence-corrected chi connectivity index (χ1v) is 6.37. The van der Waals surface area contributed by atoms with Gasteiger partial charge in [0.05, 0.1) is 6.20 Å². The quantitative estimate of drug-likeness (QED) is 0.852. The van der Waals surface area contributed by atoms with Crippen LogP contribution in [0.4, 0.5) is 5.69 Å². The van der Waals surface area contributed by atoms with Gasteiger partial charge in [-0.25, -0.2) is 0 Å². The molecule has 1 heterocycles. The average Bonchev–Trinajstić information content (AvgIpc) is 2.75. The maximum Gasteiger partial charge on any atom is 0.269 e. The van der Waals surface area contributed by atoms with Crippen molar-refractivity contribution in [2.45, 2.75) is 6.92 Å². The maximum absolute atomic E-state index is 11.7. The first-order valence-electron chi connectivity index (χ1n) is 4.51. The van der Waals surface area contributed by atoms with E-state index in [-0.39, 0.29) is 5.91 Å². The van der Waals surface area contributed by atoms with E-state index in [1.165, 1.54) is 6.20 Å². The fraction of sp³-hybridized carbons (Fsp3) is 0.100. The van der Waals surface area contributed by atoms with Crippen LogP contribution >= 0.6 is 34.1 Å². The Kier molecular flexibility index (Phi) is 3.49. The molecule has 0 bridgehead atoms. The van der Waals surface area contributed by atoms with Crippen molar-refractivity contribution < 1.29 is 4.79 Å². The third kappa shape index (κ3) is 2.56. The monoisotopic (exact) mass is 345 g/mol. The standard InChI is InChI=1S/C10H8IN3OS/c1-6-4-7(11)2-3-8(6)13-10(15)9-5-12-14-16-9/h2-5H,1H3,(H,13,15). The van der Waals surface area contributed by atoms with E-state index >= 15 is 0 Å². The van der Waals surface area contributed by atoms with E-state index in [0.29, 0.717) is 4.88 Å². The Morgan fingerprint density at radius 1 is 1.50 bits per heavy atom. The molecule has 0 spiro atoms. The molecule has 1 amide bonds. The molecule has 0 aliphatic carbocycles. The summed E-state index contributed by atoms with van der Waals surface area (Å²) in [5.74, 6) is -0.167. The zero-order valence-electron chi connectivity index (χ0n) is 8.40. The van der Waals surface area contributed by atoms with Crippen LogP contribution in [-0.4, -0.2) is 15.5 Å².